The number of hydrogen-bond donors (Lipinski definition) is 4. The molecule has 0 aliphatic carbocycles. The SMILES string of the molecule is CCCC/C=C/CCCCCCCCCCCC(=O)O[C@H](COC(=O)CCCCCCCCCCCCC)CO[C@@H]1O[C@H](CO)[C@H](O)C(O)C1O. The van der Waals surface area contributed by atoms with Crippen molar-refractivity contribution in [3.63, 3.8) is 0 Å². The summed E-state index contributed by atoms with van der Waals surface area (Å²) in [5, 5.41) is 39.9. The van der Waals surface area contributed by atoms with Crippen molar-refractivity contribution in [1.82, 2.24) is 0 Å². The lowest BCUT2D eigenvalue weighted by atomic mass is 9.99. The minimum Gasteiger partial charge on any atom is -0.462 e. The second-order valence-electron chi connectivity index (χ2n) is 14.4. The molecule has 0 aromatic heterocycles. The number of esters is 2. The molecule has 1 aliphatic rings. The number of rotatable bonds is 34. The van der Waals surface area contributed by atoms with Crippen LogP contribution < -0.4 is 0 Å². The number of hydrogen-bond acceptors (Lipinski definition) is 10. The quantitative estimate of drug-likeness (QED) is 0.0291. The van der Waals surface area contributed by atoms with Gasteiger partial charge in [0.1, 0.15) is 31.0 Å². The van der Waals surface area contributed by atoms with Gasteiger partial charge in [-0.3, -0.25) is 9.59 Å². The molecule has 2 unspecified atom stereocenters. The molecule has 1 saturated heterocycles. The van der Waals surface area contributed by atoms with Crippen molar-refractivity contribution in [3.8, 4) is 0 Å². The molecule has 0 saturated carbocycles. The van der Waals surface area contributed by atoms with Crippen LogP contribution in [-0.4, -0.2) is 89.0 Å². The molecule has 1 rings (SSSR count). The van der Waals surface area contributed by atoms with Gasteiger partial charge in [0, 0.05) is 12.8 Å². The maximum Gasteiger partial charge on any atom is 0.306 e. The van der Waals surface area contributed by atoms with E-state index in [1.165, 1.54) is 109 Å². The summed E-state index contributed by atoms with van der Waals surface area (Å²) in [5.41, 5.74) is 0. The Morgan fingerprint density at radius 1 is 0.588 bits per heavy atom. The van der Waals surface area contributed by atoms with Crippen LogP contribution in [0, 0.1) is 0 Å². The second-order valence-corrected chi connectivity index (χ2v) is 14.4. The molecule has 0 amide bonds. The number of aliphatic hydroxyl groups is 4. The maximum absolute atomic E-state index is 12.7. The average molecular weight is 729 g/mol. The van der Waals surface area contributed by atoms with E-state index in [0.29, 0.717) is 6.42 Å². The minimum atomic E-state index is -1.59. The molecule has 51 heavy (non-hydrogen) atoms. The lowest BCUT2D eigenvalue weighted by Crippen LogP contribution is -2.59. The first-order chi connectivity index (χ1) is 24.8. The third-order valence-corrected chi connectivity index (χ3v) is 9.65. The zero-order valence-corrected chi connectivity index (χ0v) is 32.4. The summed E-state index contributed by atoms with van der Waals surface area (Å²) < 4.78 is 22.1. The predicted octanol–water partition coefficient (Wildman–Crippen LogP) is 8.00. The van der Waals surface area contributed by atoms with Crippen LogP contribution in [0.15, 0.2) is 12.2 Å². The Labute approximate surface area is 310 Å². The molecular weight excluding hydrogens is 652 g/mol. The number of unbranched alkanes of at least 4 members (excludes halogenated alkanes) is 21. The largest absolute Gasteiger partial charge is 0.462 e. The minimum absolute atomic E-state index is 0.213. The molecule has 0 aromatic carbocycles. The Morgan fingerprint density at radius 2 is 1.06 bits per heavy atom. The standard InChI is InChI=1S/C41H76O10/c1-3-5-7-9-11-13-15-16-17-18-20-22-24-26-28-30-37(44)50-34(33-49-41-40(47)39(46)38(45)35(31-42)51-41)32-48-36(43)29-27-25-23-21-19-14-12-10-8-6-4-2/h9,11,34-35,38-42,45-47H,3-8,10,12-33H2,1-2H3/b11-9+/t34-,35-,38+,39?,40?,41-/m1/s1. The zero-order valence-electron chi connectivity index (χ0n) is 32.4. The molecule has 300 valence electrons. The van der Waals surface area contributed by atoms with E-state index in [-0.39, 0.29) is 32.0 Å². The van der Waals surface area contributed by atoms with Crippen LogP contribution in [0.5, 0.6) is 0 Å². The molecule has 0 bridgehead atoms. The number of carbonyl (C=O) groups excluding carboxylic acids is 2. The molecule has 10 heteroatoms. The first-order valence-corrected chi connectivity index (χ1v) is 20.8. The van der Waals surface area contributed by atoms with E-state index in [2.05, 4.69) is 26.0 Å². The van der Waals surface area contributed by atoms with Gasteiger partial charge in [0.05, 0.1) is 13.2 Å². The third kappa shape index (κ3) is 25.2. The van der Waals surface area contributed by atoms with Gasteiger partial charge in [0.25, 0.3) is 0 Å². The summed E-state index contributed by atoms with van der Waals surface area (Å²) in [7, 11) is 0. The molecule has 0 spiro atoms. The lowest BCUT2D eigenvalue weighted by molar-refractivity contribution is -0.305. The smallest absolute Gasteiger partial charge is 0.306 e. The van der Waals surface area contributed by atoms with Gasteiger partial charge in [-0.2, -0.15) is 0 Å². The molecule has 10 nitrogen and oxygen atoms in total. The van der Waals surface area contributed by atoms with Crippen LogP contribution in [-0.2, 0) is 28.5 Å². The molecule has 0 aromatic rings. The van der Waals surface area contributed by atoms with Gasteiger partial charge in [-0.05, 0) is 32.1 Å². The molecule has 1 fully saturated rings. The fraction of sp³-hybridized carbons (Fsp3) is 0.902. The van der Waals surface area contributed by atoms with Crippen molar-refractivity contribution in [2.45, 2.75) is 218 Å². The van der Waals surface area contributed by atoms with Crippen LogP contribution in [0.1, 0.15) is 181 Å². The van der Waals surface area contributed by atoms with E-state index < -0.39 is 49.4 Å². The number of ether oxygens (including phenoxy) is 4. The zero-order chi connectivity index (χ0) is 37.4. The Bertz CT molecular complexity index is 850. The fourth-order valence-corrected chi connectivity index (χ4v) is 6.29. The first kappa shape index (κ1) is 47.5. The molecule has 1 aliphatic heterocycles. The second kappa shape index (κ2) is 33.0. The highest BCUT2D eigenvalue weighted by Crippen LogP contribution is 2.22. The molecular formula is C41H76O10. The first-order valence-electron chi connectivity index (χ1n) is 20.8. The van der Waals surface area contributed by atoms with E-state index in [1.807, 2.05) is 0 Å². The summed E-state index contributed by atoms with van der Waals surface area (Å²) in [6.07, 6.45) is 25.0. The predicted molar refractivity (Wildman–Crippen MR) is 201 cm³/mol. The van der Waals surface area contributed by atoms with Crippen molar-refractivity contribution in [1.29, 1.82) is 0 Å². The van der Waals surface area contributed by atoms with Gasteiger partial charge in [-0.15, -0.1) is 0 Å². The van der Waals surface area contributed by atoms with Crippen LogP contribution >= 0.6 is 0 Å². The summed E-state index contributed by atoms with van der Waals surface area (Å²) in [6.45, 7) is 3.38. The van der Waals surface area contributed by atoms with Crippen molar-refractivity contribution in [2.24, 2.45) is 0 Å². The van der Waals surface area contributed by atoms with E-state index in [9.17, 15) is 30.0 Å². The third-order valence-electron chi connectivity index (χ3n) is 9.65. The highest BCUT2D eigenvalue weighted by atomic mass is 16.7. The number of aliphatic hydroxyl groups excluding tert-OH is 4. The Morgan fingerprint density at radius 3 is 1.59 bits per heavy atom. The number of carbonyl (C=O) groups is 2. The Kier molecular flexibility index (Phi) is 30.7. The molecule has 4 N–H and O–H groups in total. The summed E-state index contributed by atoms with van der Waals surface area (Å²) in [5.74, 6) is -0.804. The monoisotopic (exact) mass is 729 g/mol. The van der Waals surface area contributed by atoms with Gasteiger partial charge in [-0.1, -0.05) is 148 Å². The van der Waals surface area contributed by atoms with Crippen LogP contribution in [0.4, 0.5) is 0 Å². The highest BCUT2D eigenvalue weighted by Gasteiger charge is 2.44. The Hall–Kier alpha value is -1.56. The van der Waals surface area contributed by atoms with Crippen molar-refractivity contribution in [2.75, 3.05) is 19.8 Å². The van der Waals surface area contributed by atoms with E-state index in [0.717, 1.165) is 38.5 Å². The van der Waals surface area contributed by atoms with Crippen molar-refractivity contribution in [3.05, 3.63) is 12.2 Å². The summed E-state index contributed by atoms with van der Waals surface area (Å²) in [4.78, 5) is 25.2. The van der Waals surface area contributed by atoms with Gasteiger partial charge < -0.3 is 39.4 Å². The van der Waals surface area contributed by atoms with E-state index in [4.69, 9.17) is 18.9 Å². The highest BCUT2D eigenvalue weighted by molar-refractivity contribution is 5.70. The lowest BCUT2D eigenvalue weighted by Gasteiger charge is -2.39. The van der Waals surface area contributed by atoms with E-state index in [1.54, 1.807) is 0 Å². The van der Waals surface area contributed by atoms with Crippen molar-refractivity contribution < 1.29 is 49.0 Å². The normalized spacial score (nSPS) is 21.3. The summed E-state index contributed by atoms with van der Waals surface area (Å²) >= 11 is 0. The maximum atomic E-state index is 12.7. The van der Waals surface area contributed by atoms with Crippen LogP contribution in [0.2, 0.25) is 0 Å². The van der Waals surface area contributed by atoms with Crippen LogP contribution in [0.3, 0.4) is 0 Å². The fourth-order valence-electron chi connectivity index (χ4n) is 6.29. The van der Waals surface area contributed by atoms with Gasteiger partial charge >= 0.3 is 11.9 Å². The van der Waals surface area contributed by atoms with E-state index >= 15 is 0 Å². The van der Waals surface area contributed by atoms with Gasteiger partial charge in [0.2, 0.25) is 0 Å². The molecule has 1 heterocycles. The van der Waals surface area contributed by atoms with Gasteiger partial charge in [-0.25, -0.2) is 0 Å². The van der Waals surface area contributed by atoms with Gasteiger partial charge in [0.15, 0.2) is 12.4 Å². The van der Waals surface area contributed by atoms with Crippen molar-refractivity contribution >= 4 is 11.9 Å². The molecule has 6 atom stereocenters. The average Bonchev–Trinajstić information content (AvgIpc) is 3.13. The summed E-state index contributed by atoms with van der Waals surface area (Å²) in [6, 6.07) is 0. The topological polar surface area (TPSA) is 152 Å². The Balaban J connectivity index is 2.36. The number of allylic oxidation sites excluding steroid dienone is 2. The molecule has 0 radical (unpaired) electrons. The van der Waals surface area contributed by atoms with Crippen LogP contribution in [0.25, 0.3) is 0 Å².